The van der Waals surface area contributed by atoms with Crippen LogP contribution >= 0.6 is 11.3 Å². The summed E-state index contributed by atoms with van der Waals surface area (Å²) in [5.41, 5.74) is 4.13. The fraction of sp³-hybridized carbons (Fsp3) is 0.312. The largest absolute Gasteiger partial charge is 0.466 e. The van der Waals surface area contributed by atoms with Crippen molar-refractivity contribution >= 4 is 38.7 Å². The van der Waals surface area contributed by atoms with Crippen LogP contribution in [-0.2, 0) is 26.0 Å². The summed E-state index contributed by atoms with van der Waals surface area (Å²) >= 11 is 1.33. The van der Waals surface area contributed by atoms with Crippen molar-refractivity contribution in [1.29, 1.82) is 0 Å². The lowest BCUT2D eigenvalue weighted by atomic mass is 10.2. The molecule has 140 valence electrons. The molecule has 0 fully saturated rings. The first kappa shape index (κ1) is 20.0. The number of hydrazone groups is 1. The van der Waals surface area contributed by atoms with Crippen molar-refractivity contribution < 1.29 is 17.9 Å². The molecule has 2 rings (SSSR count). The van der Waals surface area contributed by atoms with Gasteiger partial charge >= 0.3 is 5.97 Å². The van der Waals surface area contributed by atoms with Gasteiger partial charge in [0.05, 0.1) is 29.8 Å². The molecule has 0 radical (unpaired) electrons. The first-order chi connectivity index (χ1) is 12.3. The third-order valence-electron chi connectivity index (χ3n) is 3.22. The lowest BCUT2D eigenvalue weighted by Gasteiger charge is -2.10. The second-order valence-corrected chi connectivity index (χ2v) is 8.36. The Morgan fingerprint density at radius 1 is 1.35 bits per heavy atom. The van der Waals surface area contributed by atoms with Crippen LogP contribution < -0.4 is 5.43 Å². The van der Waals surface area contributed by atoms with Crippen LogP contribution in [0.2, 0.25) is 0 Å². The van der Waals surface area contributed by atoms with E-state index in [1.807, 2.05) is 0 Å². The highest BCUT2D eigenvalue weighted by molar-refractivity contribution is 7.89. The third-order valence-corrected chi connectivity index (χ3v) is 5.84. The Morgan fingerprint density at radius 2 is 2.04 bits per heavy atom. The number of nitrogens with zero attached hydrogens (tertiary/aromatic N) is 3. The minimum atomic E-state index is -3.44. The maximum absolute atomic E-state index is 12.0. The zero-order valence-corrected chi connectivity index (χ0v) is 16.3. The predicted octanol–water partition coefficient (Wildman–Crippen LogP) is 1.95. The smallest absolute Gasteiger partial charge is 0.311 e. The topological polar surface area (TPSA) is 101 Å². The fourth-order valence-corrected chi connectivity index (χ4v) is 3.46. The van der Waals surface area contributed by atoms with Crippen molar-refractivity contribution in [2.75, 3.05) is 26.1 Å². The van der Waals surface area contributed by atoms with E-state index in [1.54, 1.807) is 30.7 Å². The maximum atomic E-state index is 12.0. The molecule has 0 atom stereocenters. The SMILES string of the molecule is CCOC(=O)Cc1csc(NN=Cc2ccc(S(=O)(=O)N(C)C)cc2)n1. The third kappa shape index (κ3) is 5.35. The Hall–Kier alpha value is -2.30. The van der Waals surface area contributed by atoms with Gasteiger partial charge < -0.3 is 4.74 Å². The number of anilines is 1. The van der Waals surface area contributed by atoms with Gasteiger partial charge in [0, 0.05) is 19.5 Å². The summed E-state index contributed by atoms with van der Waals surface area (Å²) in [6.07, 6.45) is 1.68. The van der Waals surface area contributed by atoms with E-state index >= 15 is 0 Å². The first-order valence-electron chi connectivity index (χ1n) is 7.74. The highest BCUT2D eigenvalue weighted by atomic mass is 32.2. The normalized spacial score (nSPS) is 11.8. The molecule has 0 aliphatic carbocycles. The Kier molecular flexibility index (Phi) is 6.83. The maximum Gasteiger partial charge on any atom is 0.311 e. The summed E-state index contributed by atoms with van der Waals surface area (Å²) < 4.78 is 30.0. The lowest BCUT2D eigenvalue weighted by molar-refractivity contribution is -0.142. The van der Waals surface area contributed by atoms with Crippen LogP contribution in [-0.4, -0.2) is 50.6 Å². The van der Waals surface area contributed by atoms with Gasteiger partial charge in [0.25, 0.3) is 0 Å². The molecule has 0 amide bonds. The van der Waals surface area contributed by atoms with E-state index < -0.39 is 10.0 Å². The van der Waals surface area contributed by atoms with E-state index in [4.69, 9.17) is 4.74 Å². The van der Waals surface area contributed by atoms with Crippen molar-refractivity contribution in [1.82, 2.24) is 9.29 Å². The standard InChI is InChI=1S/C16H20N4O4S2/c1-4-24-15(21)9-13-11-25-16(18-13)19-17-10-12-5-7-14(8-6-12)26(22,23)20(2)3/h5-8,10-11H,4,9H2,1-3H3,(H,18,19). The molecule has 0 aliphatic rings. The molecule has 0 bridgehead atoms. The van der Waals surface area contributed by atoms with Gasteiger partial charge in [-0.3, -0.25) is 10.2 Å². The van der Waals surface area contributed by atoms with Gasteiger partial charge in [0.1, 0.15) is 0 Å². The number of carbonyl (C=O) groups is 1. The van der Waals surface area contributed by atoms with Crippen molar-refractivity contribution in [3.05, 3.63) is 40.9 Å². The number of benzene rings is 1. The lowest BCUT2D eigenvalue weighted by Crippen LogP contribution is -2.22. The van der Waals surface area contributed by atoms with Crippen molar-refractivity contribution in [3.63, 3.8) is 0 Å². The molecule has 1 aromatic carbocycles. The van der Waals surface area contributed by atoms with Crippen LogP contribution in [0.4, 0.5) is 5.13 Å². The molecule has 1 N–H and O–H groups in total. The molecule has 10 heteroatoms. The number of hydrogen-bond acceptors (Lipinski definition) is 8. The van der Waals surface area contributed by atoms with Crippen molar-refractivity contribution in [2.24, 2.45) is 5.10 Å². The first-order valence-corrected chi connectivity index (χ1v) is 10.1. The monoisotopic (exact) mass is 396 g/mol. The number of ether oxygens (including phenoxy) is 1. The fourth-order valence-electron chi connectivity index (χ4n) is 1.90. The average molecular weight is 396 g/mol. The molecule has 0 aliphatic heterocycles. The molecular weight excluding hydrogens is 376 g/mol. The van der Waals surface area contributed by atoms with Gasteiger partial charge in [-0.15, -0.1) is 11.3 Å². The molecule has 0 spiro atoms. The van der Waals surface area contributed by atoms with E-state index in [9.17, 15) is 13.2 Å². The van der Waals surface area contributed by atoms with Crippen LogP contribution in [0.1, 0.15) is 18.2 Å². The Labute approximate surface area is 156 Å². The van der Waals surface area contributed by atoms with E-state index in [0.717, 1.165) is 9.87 Å². The molecule has 0 saturated heterocycles. The van der Waals surface area contributed by atoms with Gasteiger partial charge in [-0.25, -0.2) is 17.7 Å². The minimum absolute atomic E-state index is 0.123. The summed E-state index contributed by atoms with van der Waals surface area (Å²) in [6.45, 7) is 2.09. The van der Waals surface area contributed by atoms with E-state index in [1.165, 1.54) is 37.6 Å². The van der Waals surface area contributed by atoms with Gasteiger partial charge in [-0.2, -0.15) is 5.10 Å². The Bertz CT molecular complexity index is 874. The zero-order valence-electron chi connectivity index (χ0n) is 14.7. The van der Waals surface area contributed by atoms with Crippen LogP contribution in [0.15, 0.2) is 39.6 Å². The summed E-state index contributed by atoms with van der Waals surface area (Å²) in [6, 6.07) is 6.38. The van der Waals surface area contributed by atoms with Gasteiger partial charge in [0.2, 0.25) is 15.2 Å². The van der Waals surface area contributed by atoms with Crippen LogP contribution in [0, 0.1) is 0 Å². The molecule has 0 unspecified atom stereocenters. The molecule has 1 heterocycles. The number of esters is 1. The van der Waals surface area contributed by atoms with Gasteiger partial charge in [-0.1, -0.05) is 12.1 Å². The molecule has 26 heavy (non-hydrogen) atoms. The van der Waals surface area contributed by atoms with Crippen LogP contribution in [0.3, 0.4) is 0 Å². The second-order valence-electron chi connectivity index (χ2n) is 5.35. The predicted molar refractivity (Wildman–Crippen MR) is 101 cm³/mol. The van der Waals surface area contributed by atoms with E-state index in [0.29, 0.717) is 17.4 Å². The van der Waals surface area contributed by atoms with Gasteiger partial charge in [-0.05, 0) is 24.6 Å². The van der Waals surface area contributed by atoms with E-state index in [-0.39, 0.29) is 17.3 Å². The number of rotatable bonds is 8. The Morgan fingerprint density at radius 3 is 2.65 bits per heavy atom. The number of carbonyl (C=O) groups excluding carboxylic acids is 1. The Balaban J connectivity index is 1.95. The number of nitrogens with one attached hydrogen (secondary N) is 1. The molecule has 2 aromatic rings. The minimum Gasteiger partial charge on any atom is -0.466 e. The number of aromatic nitrogens is 1. The van der Waals surface area contributed by atoms with Crippen molar-refractivity contribution in [3.8, 4) is 0 Å². The second kappa shape index (κ2) is 8.88. The molecule has 0 saturated carbocycles. The highest BCUT2D eigenvalue weighted by Gasteiger charge is 2.16. The van der Waals surface area contributed by atoms with Crippen LogP contribution in [0.5, 0.6) is 0 Å². The molecular formula is C16H20N4O4S2. The number of thiazole rings is 1. The average Bonchev–Trinajstić information content (AvgIpc) is 3.02. The molecule has 8 nitrogen and oxygen atoms in total. The summed E-state index contributed by atoms with van der Waals surface area (Å²) in [5.74, 6) is -0.319. The van der Waals surface area contributed by atoms with Gasteiger partial charge in [0.15, 0.2) is 0 Å². The van der Waals surface area contributed by atoms with Crippen molar-refractivity contribution in [2.45, 2.75) is 18.2 Å². The number of sulfonamides is 1. The highest BCUT2D eigenvalue weighted by Crippen LogP contribution is 2.16. The zero-order chi connectivity index (χ0) is 19.2. The van der Waals surface area contributed by atoms with E-state index in [2.05, 4.69) is 15.5 Å². The van der Waals surface area contributed by atoms with Crippen LogP contribution in [0.25, 0.3) is 0 Å². The number of hydrogen-bond donors (Lipinski definition) is 1. The summed E-state index contributed by atoms with van der Waals surface area (Å²) in [7, 11) is -0.472. The molecule has 1 aromatic heterocycles. The summed E-state index contributed by atoms with van der Waals surface area (Å²) in [5, 5.41) is 6.37. The quantitative estimate of drug-likeness (QED) is 0.416. The summed E-state index contributed by atoms with van der Waals surface area (Å²) in [4.78, 5) is 15.9.